The number of rotatable bonds is 8. The van der Waals surface area contributed by atoms with Crippen LogP contribution in [0.15, 0.2) is 340 Å². The summed E-state index contributed by atoms with van der Waals surface area (Å²) in [5.41, 5.74) is 30.4. The lowest BCUT2D eigenvalue weighted by Gasteiger charge is -2.45. The number of fused-ring (bicyclic) bond motifs is 16. The van der Waals surface area contributed by atoms with E-state index in [2.05, 4.69) is 363 Å². The Bertz CT molecular complexity index is 6360. The number of benzene rings is 15. The first-order chi connectivity index (χ1) is 47.7. The highest BCUT2D eigenvalue weighted by Crippen LogP contribution is 2.52. The van der Waals surface area contributed by atoms with E-state index in [1.165, 1.54) is 104 Å². The third-order valence-electron chi connectivity index (χ3n) is 20.9. The molecule has 0 unspecified atom stereocenters. The van der Waals surface area contributed by atoms with Gasteiger partial charge in [0.15, 0.2) is 0 Å². The minimum atomic E-state index is -0.182. The first-order valence-corrected chi connectivity index (χ1v) is 33.3. The molecule has 0 N–H and O–H groups in total. The van der Waals surface area contributed by atoms with Crippen LogP contribution >= 0.6 is 0 Å². The molecule has 0 bridgehead atoms. The van der Waals surface area contributed by atoms with E-state index in [9.17, 15) is 0 Å². The molecule has 0 amide bonds. The van der Waals surface area contributed by atoms with Gasteiger partial charge in [0.25, 0.3) is 6.71 Å². The molecule has 444 valence electrons. The number of hydrogen-bond acceptors (Lipinski definition) is 2. The highest BCUT2D eigenvalue weighted by atomic mass is 15.2. The van der Waals surface area contributed by atoms with Gasteiger partial charge < -0.3 is 23.3 Å². The normalized spacial score (nSPS) is 12.7. The van der Waals surface area contributed by atoms with Crippen LogP contribution in [0.4, 0.5) is 34.1 Å². The van der Waals surface area contributed by atoms with Crippen LogP contribution in [0.5, 0.6) is 0 Å². The van der Waals surface area contributed by atoms with Crippen molar-refractivity contribution in [2.24, 2.45) is 0 Å². The van der Waals surface area contributed by atoms with E-state index >= 15 is 0 Å². The zero-order chi connectivity index (χ0) is 62.7. The Morgan fingerprint density at radius 1 is 0.208 bits per heavy atom. The highest BCUT2D eigenvalue weighted by molar-refractivity contribution is 7.00. The number of nitrogens with zero attached hydrogens (tertiary/aromatic N) is 5. The van der Waals surface area contributed by atoms with Crippen molar-refractivity contribution in [1.29, 1.82) is 0 Å². The third-order valence-corrected chi connectivity index (χ3v) is 20.9. The molecule has 0 aliphatic carbocycles. The summed E-state index contributed by atoms with van der Waals surface area (Å²) in [6.07, 6.45) is 0. The Hall–Kier alpha value is -12.6. The number of hydrogen-bond donors (Lipinski definition) is 0. The van der Waals surface area contributed by atoms with Crippen molar-refractivity contribution < 1.29 is 0 Å². The van der Waals surface area contributed by atoms with Gasteiger partial charge in [0, 0.05) is 88.3 Å². The summed E-state index contributed by atoms with van der Waals surface area (Å²) in [6.45, 7) is -0.182. The second-order valence-corrected chi connectivity index (χ2v) is 25.9. The van der Waals surface area contributed by atoms with Crippen LogP contribution in [0.2, 0.25) is 0 Å². The van der Waals surface area contributed by atoms with Gasteiger partial charge >= 0.3 is 0 Å². The van der Waals surface area contributed by atoms with Gasteiger partial charge in [-0.1, -0.05) is 237 Å². The SMILES string of the molecule is c1ccc(-c2ccccc2N2c3cc(-c4ccc5c(c4)c4cccc6c7ccccc7n5c64)ccc3B3c4ccc(-n5c6ccccc6c6ccccc65)cc4N(c4ccccc4-c4ccccc4)c4cc(-c5ccc6c(c5)c5ccccc5n6-c5ccccc5)cc2c43)cc1. The molecule has 5 nitrogen and oxygen atoms in total. The molecule has 0 radical (unpaired) electrons. The second-order valence-electron chi connectivity index (χ2n) is 25.9. The summed E-state index contributed by atoms with van der Waals surface area (Å²) in [6, 6.07) is 127. The molecule has 2 aliphatic heterocycles. The minimum Gasteiger partial charge on any atom is -0.311 e. The van der Waals surface area contributed by atoms with Gasteiger partial charge in [-0.15, -0.1) is 0 Å². The molecule has 0 atom stereocenters. The molecule has 6 heterocycles. The monoisotopic (exact) mass is 1220 g/mol. The fraction of sp³-hybridized carbons (Fsp3) is 0. The van der Waals surface area contributed by atoms with Crippen LogP contribution in [-0.4, -0.2) is 20.2 Å². The van der Waals surface area contributed by atoms with Crippen molar-refractivity contribution in [2.75, 3.05) is 9.80 Å². The van der Waals surface area contributed by atoms with Crippen LogP contribution < -0.4 is 26.2 Å². The minimum absolute atomic E-state index is 0.182. The molecule has 19 aromatic rings. The van der Waals surface area contributed by atoms with E-state index in [4.69, 9.17) is 0 Å². The lowest BCUT2D eigenvalue weighted by atomic mass is 9.33. The van der Waals surface area contributed by atoms with E-state index in [-0.39, 0.29) is 6.71 Å². The molecule has 15 aromatic carbocycles. The van der Waals surface area contributed by atoms with Gasteiger partial charge in [-0.2, -0.15) is 0 Å². The standard InChI is InChI=1S/C90H56BN5/c1-4-23-57(24-5-1)65-29-10-16-37-77(65)94-85-53-61(59-44-50-84-74(51-59)72-36-22-35-71-69-33-14-21-42-82(69)96(84)90(71)72)43-47-75(85)91-76-48-46-64(93-79-39-18-12-31-67(79)68-32-13-19-40-80(68)93)56-86(76)95(78-38-17-11-30-66(78)58-25-6-2-7-26-58)88-55-62(54-87(94)89(88)91)60-45-49-83-73(52-60)70-34-15-20-41-81(70)92(83)63-27-8-3-9-28-63/h1-56H. The molecule has 2 aliphatic rings. The average molecular weight is 1220 g/mol. The maximum Gasteiger partial charge on any atom is 0.252 e. The Kier molecular flexibility index (Phi) is 11.3. The second kappa shape index (κ2) is 20.4. The Morgan fingerprint density at radius 2 is 0.594 bits per heavy atom. The fourth-order valence-corrected chi connectivity index (χ4v) is 16.9. The third kappa shape index (κ3) is 7.58. The van der Waals surface area contributed by atoms with E-state index < -0.39 is 0 Å². The number of anilines is 6. The number of aromatic nitrogens is 3. The zero-order valence-corrected chi connectivity index (χ0v) is 52.1. The predicted molar refractivity (Wildman–Crippen MR) is 406 cm³/mol. The van der Waals surface area contributed by atoms with Crippen LogP contribution in [0, 0.1) is 0 Å². The molecule has 21 rings (SSSR count). The summed E-state index contributed by atoms with van der Waals surface area (Å²) < 4.78 is 7.38. The van der Waals surface area contributed by atoms with Crippen molar-refractivity contribution >= 4 is 139 Å². The predicted octanol–water partition coefficient (Wildman–Crippen LogP) is 21.8. The first kappa shape index (κ1) is 52.9. The maximum absolute atomic E-state index is 2.63. The van der Waals surface area contributed by atoms with Gasteiger partial charge in [0.1, 0.15) is 0 Å². The molecule has 4 aromatic heterocycles. The van der Waals surface area contributed by atoms with Crippen LogP contribution in [0.3, 0.4) is 0 Å². The number of para-hydroxylation sites is 8. The molecule has 0 fully saturated rings. The highest BCUT2D eigenvalue weighted by Gasteiger charge is 2.45. The summed E-state index contributed by atoms with van der Waals surface area (Å²) >= 11 is 0. The molecule has 6 heteroatoms. The van der Waals surface area contributed by atoms with Crippen molar-refractivity contribution in [3.63, 3.8) is 0 Å². The summed E-state index contributed by atoms with van der Waals surface area (Å²) in [5, 5.41) is 9.98. The van der Waals surface area contributed by atoms with E-state index in [0.29, 0.717) is 0 Å². The molecule has 0 saturated carbocycles. The summed E-state index contributed by atoms with van der Waals surface area (Å²) in [5.74, 6) is 0. The van der Waals surface area contributed by atoms with Gasteiger partial charge in [-0.3, -0.25) is 0 Å². The van der Waals surface area contributed by atoms with Gasteiger partial charge in [-0.25, -0.2) is 0 Å². The van der Waals surface area contributed by atoms with Gasteiger partial charge in [0.2, 0.25) is 0 Å². The van der Waals surface area contributed by atoms with E-state index in [1.54, 1.807) is 0 Å². The topological polar surface area (TPSA) is 20.8 Å². The van der Waals surface area contributed by atoms with Crippen molar-refractivity contribution in [3.05, 3.63) is 340 Å². The molecule has 96 heavy (non-hydrogen) atoms. The summed E-state index contributed by atoms with van der Waals surface area (Å²) in [7, 11) is 0. The molecule has 0 saturated heterocycles. The fourth-order valence-electron chi connectivity index (χ4n) is 16.9. The van der Waals surface area contributed by atoms with Crippen LogP contribution in [0.25, 0.3) is 138 Å². The van der Waals surface area contributed by atoms with E-state index in [0.717, 1.165) is 84.4 Å². The first-order valence-electron chi connectivity index (χ1n) is 33.3. The van der Waals surface area contributed by atoms with Crippen molar-refractivity contribution in [1.82, 2.24) is 13.5 Å². The molecule has 0 spiro atoms. The quantitative estimate of drug-likeness (QED) is 0.141. The van der Waals surface area contributed by atoms with Crippen LogP contribution in [0.1, 0.15) is 0 Å². The molecular formula is C90H56BN5. The van der Waals surface area contributed by atoms with Crippen molar-refractivity contribution in [3.8, 4) is 55.9 Å². The van der Waals surface area contributed by atoms with Gasteiger partial charge in [-0.05, 0) is 153 Å². The maximum atomic E-state index is 2.63. The Labute approximate surface area is 554 Å². The van der Waals surface area contributed by atoms with E-state index in [1.807, 2.05) is 0 Å². The van der Waals surface area contributed by atoms with Crippen LogP contribution in [-0.2, 0) is 0 Å². The lowest BCUT2D eigenvalue weighted by molar-refractivity contribution is 1.17. The average Bonchev–Trinajstić information content (AvgIpc) is 1.01. The summed E-state index contributed by atoms with van der Waals surface area (Å²) in [4.78, 5) is 5.25. The van der Waals surface area contributed by atoms with Gasteiger partial charge in [0.05, 0.1) is 50.0 Å². The Morgan fingerprint density at radius 3 is 1.20 bits per heavy atom. The Balaban J connectivity index is 0.877. The molecular weight excluding hydrogens is 1160 g/mol. The largest absolute Gasteiger partial charge is 0.311 e. The zero-order valence-electron chi connectivity index (χ0n) is 52.1. The smallest absolute Gasteiger partial charge is 0.252 e. The lowest BCUT2D eigenvalue weighted by Crippen LogP contribution is -2.61. The van der Waals surface area contributed by atoms with Crippen molar-refractivity contribution in [2.45, 2.75) is 0 Å².